The molecule has 0 saturated heterocycles. The molecule has 0 rings (SSSR count). The molecule has 0 spiro atoms. The van der Waals surface area contributed by atoms with Gasteiger partial charge in [-0.3, -0.25) is 0 Å². The first-order valence-electron chi connectivity index (χ1n) is 0. The first-order valence-corrected chi connectivity index (χ1v) is 0. The van der Waals surface area contributed by atoms with Crippen LogP contribution in [-0.2, 0) is 50.6 Å². The Hall–Kier alpha value is 3.20. The number of rotatable bonds is 0. The van der Waals surface area contributed by atoms with Gasteiger partial charge >= 0.3 is 56.6 Å². The molecule has 9 heavy (non-hydrogen) atoms. The summed E-state index contributed by atoms with van der Waals surface area (Å²) in [4.78, 5) is 0. The molecule has 0 atom stereocenters. The monoisotopic (exact) mass is 246 g/mol. The van der Waals surface area contributed by atoms with Crippen molar-refractivity contribution in [2.24, 2.45) is 0 Å². The second kappa shape index (κ2) is 114. The van der Waals surface area contributed by atoms with E-state index in [-0.39, 0.29) is 128 Å². The van der Waals surface area contributed by atoms with Crippen LogP contribution in [0.3, 0.4) is 0 Å². The molecule has 0 aliphatic rings. The molecule has 3 nitrogen and oxygen atoms in total. The van der Waals surface area contributed by atoms with Crippen LogP contribution in [0.1, 0.15) is 4.28 Å². The first-order chi connectivity index (χ1) is 0. The van der Waals surface area contributed by atoms with Crippen LogP contribution in [0.4, 0.5) is 0 Å². The van der Waals surface area contributed by atoms with Crippen molar-refractivity contribution in [3.63, 3.8) is 0 Å². The van der Waals surface area contributed by atoms with E-state index >= 15 is 0 Å². The van der Waals surface area contributed by atoms with E-state index in [0.717, 1.165) is 0 Å². The Kier molecular flexibility index (Phi) is 1880. The minimum absolute atomic E-state index is 0. The third-order valence-corrected chi connectivity index (χ3v) is 0. The fourth-order valence-corrected chi connectivity index (χ4v) is 0. The summed E-state index contributed by atoms with van der Waals surface area (Å²) in [5.74, 6) is 0. The summed E-state index contributed by atoms with van der Waals surface area (Å²) in [5.41, 5.74) is 0. The maximum atomic E-state index is 0. The predicted molar refractivity (Wildman–Crippen MR) is 14.2 cm³/mol. The molecule has 0 fully saturated rings. The molecule has 0 aliphatic heterocycles. The van der Waals surface area contributed by atoms with Gasteiger partial charge in [0.1, 0.15) is 0 Å². The summed E-state index contributed by atoms with van der Waals surface area (Å²) in [7, 11) is 0. The average molecular weight is 246 g/mol. The van der Waals surface area contributed by atoms with Crippen molar-refractivity contribution in [3.05, 3.63) is 0 Å². The topological polar surface area (TPSA) is 94.5 Å². The third kappa shape index (κ3) is 92.4. The largest absolute Gasteiger partial charge is 1.00 e. The smallest absolute Gasteiger partial charge is 1.00 e. The third-order valence-electron chi connectivity index (χ3n) is 0. The summed E-state index contributed by atoms with van der Waals surface area (Å²) >= 11 is 0. The molecule has 2 radical (unpaired) electrons. The Balaban J connectivity index is 0. The zero-order valence-electron chi connectivity index (χ0n) is 8.57. The van der Waals surface area contributed by atoms with Gasteiger partial charge < -0.3 is 20.7 Å². The molecule has 0 saturated carbocycles. The molecular formula is H9Li3Mn2NiO3. The molecular weight excluding hydrogens is 237 g/mol. The Morgan fingerprint density at radius 2 is 0.556 bits per heavy atom. The van der Waals surface area contributed by atoms with Crippen LogP contribution < -0.4 is 56.6 Å². The SMILES string of the molecule is O.O.O.[H-].[H-].[H-].[Li+].[Li+].[Li+].[Mn].[Mn].[Ni]. The molecule has 0 heterocycles. The van der Waals surface area contributed by atoms with Crippen molar-refractivity contribution in [3.8, 4) is 0 Å². The van der Waals surface area contributed by atoms with Gasteiger partial charge in [-0.25, -0.2) is 0 Å². The van der Waals surface area contributed by atoms with Gasteiger partial charge in [-0.15, -0.1) is 0 Å². The first kappa shape index (κ1) is 149. The van der Waals surface area contributed by atoms with Crippen LogP contribution in [-0.4, -0.2) is 16.4 Å². The van der Waals surface area contributed by atoms with Crippen molar-refractivity contribution >= 4 is 0 Å². The maximum Gasteiger partial charge on any atom is 1.00 e. The Morgan fingerprint density at radius 3 is 0.556 bits per heavy atom. The van der Waals surface area contributed by atoms with Gasteiger partial charge in [-0.05, 0) is 0 Å². The fraction of sp³-hybridized carbons (Fsp3) is 0. The quantitative estimate of drug-likeness (QED) is 0.380. The summed E-state index contributed by atoms with van der Waals surface area (Å²) < 4.78 is 0. The van der Waals surface area contributed by atoms with Gasteiger partial charge in [0.05, 0.1) is 0 Å². The van der Waals surface area contributed by atoms with Crippen LogP contribution >= 0.6 is 0 Å². The van der Waals surface area contributed by atoms with Crippen molar-refractivity contribution in [1.82, 2.24) is 0 Å². The van der Waals surface area contributed by atoms with Crippen molar-refractivity contribution in [2.45, 2.75) is 0 Å². The second-order valence-electron chi connectivity index (χ2n) is 0. The maximum absolute atomic E-state index is 0. The van der Waals surface area contributed by atoms with Gasteiger partial charge in [0, 0.05) is 50.6 Å². The predicted octanol–water partition coefficient (Wildman–Crippen LogP) is -11.1. The van der Waals surface area contributed by atoms with E-state index in [9.17, 15) is 0 Å². The minimum Gasteiger partial charge on any atom is -1.00 e. The summed E-state index contributed by atoms with van der Waals surface area (Å²) in [6.45, 7) is 0. The van der Waals surface area contributed by atoms with Crippen LogP contribution in [0.2, 0.25) is 0 Å². The van der Waals surface area contributed by atoms with E-state index in [0.29, 0.717) is 0 Å². The number of hydrogen-bond donors (Lipinski definition) is 0. The average Bonchev–Trinajstić information content (AvgIpc) is 0. The van der Waals surface area contributed by atoms with Gasteiger partial charge in [-0.2, -0.15) is 0 Å². The molecule has 0 amide bonds. The molecule has 0 aromatic heterocycles. The van der Waals surface area contributed by atoms with E-state index in [1.54, 1.807) is 0 Å². The minimum atomic E-state index is 0. The van der Waals surface area contributed by atoms with E-state index in [1.807, 2.05) is 0 Å². The summed E-state index contributed by atoms with van der Waals surface area (Å²) in [6, 6.07) is 0. The molecule has 0 unspecified atom stereocenters. The van der Waals surface area contributed by atoms with E-state index in [2.05, 4.69) is 0 Å². The van der Waals surface area contributed by atoms with Crippen LogP contribution in [0.5, 0.6) is 0 Å². The van der Waals surface area contributed by atoms with Crippen LogP contribution in [0.15, 0.2) is 0 Å². The Bertz CT molecular complexity index is 26.8. The zero-order valence-corrected chi connectivity index (χ0v) is 8.92. The van der Waals surface area contributed by atoms with Gasteiger partial charge in [0.25, 0.3) is 0 Å². The molecule has 6 N–H and O–H groups in total. The zero-order chi connectivity index (χ0) is 0. The van der Waals surface area contributed by atoms with Crippen molar-refractivity contribution < 1.29 is 128 Å². The molecule has 0 bridgehead atoms. The molecule has 54 valence electrons. The normalized spacial score (nSPS) is 0. The Morgan fingerprint density at radius 1 is 0.556 bits per heavy atom. The van der Waals surface area contributed by atoms with Crippen LogP contribution in [0, 0.1) is 0 Å². The fourth-order valence-electron chi connectivity index (χ4n) is 0. The van der Waals surface area contributed by atoms with Crippen molar-refractivity contribution in [2.75, 3.05) is 0 Å². The van der Waals surface area contributed by atoms with Crippen molar-refractivity contribution in [1.29, 1.82) is 0 Å². The standard InChI is InChI=1S/3Li.2Mn.Ni.3H2O.3H/h;;;;;;3*1H2;;;/q3*+1;;;;;;;3*-1. The second-order valence-corrected chi connectivity index (χ2v) is 0. The summed E-state index contributed by atoms with van der Waals surface area (Å²) in [6.07, 6.45) is 0. The molecule has 0 aromatic carbocycles. The van der Waals surface area contributed by atoms with E-state index < -0.39 is 0 Å². The van der Waals surface area contributed by atoms with E-state index in [4.69, 9.17) is 0 Å². The molecule has 9 heteroatoms. The van der Waals surface area contributed by atoms with E-state index in [1.165, 1.54) is 0 Å². The summed E-state index contributed by atoms with van der Waals surface area (Å²) in [5, 5.41) is 0. The molecule has 0 aliphatic carbocycles. The molecule has 0 aromatic rings. The van der Waals surface area contributed by atoms with Gasteiger partial charge in [0.2, 0.25) is 0 Å². The Labute approximate surface area is 126 Å². The number of hydrogen-bond acceptors (Lipinski definition) is 0. The van der Waals surface area contributed by atoms with Gasteiger partial charge in [0.15, 0.2) is 0 Å². The van der Waals surface area contributed by atoms with Gasteiger partial charge in [-0.1, -0.05) is 0 Å². The van der Waals surface area contributed by atoms with Crippen LogP contribution in [0.25, 0.3) is 0 Å².